The highest BCUT2D eigenvalue weighted by Gasteiger charge is 2.14. The van der Waals surface area contributed by atoms with Crippen LogP contribution in [-0.2, 0) is 6.54 Å². The second-order valence-electron chi connectivity index (χ2n) is 4.80. The summed E-state index contributed by atoms with van der Waals surface area (Å²) in [5.41, 5.74) is 2.77. The first kappa shape index (κ1) is 13.5. The lowest BCUT2D eigenvalue weighted by molar-refractivity contribution is 0.246. The zero-order chi connectivity index (χ0) is 13.8. The van der Waals surface area contributed by atoms with E-state index < -0.39 is 0 Å². The Morgan fingerprint density at radius 1 is 1.32 bits per heavy atom. The van der Waals surface area contributed by atoms with Crippen LogP contribution in [0.15, 0.2) is 36.7 Å². The third-order valence-electron chi connectivity index (χ3n) is 3.32. The molecule has 0 aromatic carbocycles. The summed E-state index contributed by atoms with van der Waals surface area (Å²) < 4.78 is 0. The van der Waals surface area contributed by atoms with Crippen LogP contribution in [0.5, 0.6) is 5.75 Å². The Labute approximate surface area is 113 Å². The SMILES string of the molecule is Cc1ccc(O)c(CN(C)C(C)c2cccnc2)n1. The Balaban J connectivity index is 2.12. The van der Waals surface area contributed by atoms with E-state index >= 15 is 0 Å². The van der Waals surface area contributed by atoms with Crippen molar-refractivity contribution in [3.05, 3.63) is 53.6 Å². The molecule has 0 amide bonds. The van der Waals surface area contributed by atoms with E-state index in [2.05, 4.69) is 27.9 Å². The first-order chi connectivity index (χ1) is 9.08. The molecule has 19 heavy (non-hydrogen) atoms. The van der Waals surface area contributed by atoms with E-state index in [9.17, 15) is 5.11 Å². The first-order valence-electron chi connectivity index (χ1n) is 6.33. The van der Waals surface area contributed by atoms with Gasteiger partial charge in [-0.15, -0.1) is 0 Å². The molecule has 0 radical (unpaired) electrons. The van der Waals surface area contributed by atoms with Crippen molar-refractivity contribution >= 4 is 0 Å². The number of rotatable bonds is 4. The fourth-order valence-electron chi connectivity index (χ4n) is 1.97. The predicted octanol–water partition coefficient (Wildman–Crippen LogP) is 2.68. The zero-order valence-corrected chi connectivity index (χ0v) is 11.5. The Morgan fingerprint density at radius 3 is 2.79 bits per heavy atom. The van der Waals surface area contributed by atoms with Gasteiger partial charge in [0.05, 0.1) is 5.69 Å². The molecule has 1 unspecified atom stereocenters. The van der Waals surface area contributed by atoms with Crippen LogP contribution < -0.4 is 0 Å². The number of aryl methyl sites for hydroxylation is 1. The molecule has 0 aliphatic carbocycles. The topological polar surface area (TPSA) is 49.2 Å². The summed E-state index contributed by atoms with van der Waals surface area (Å²) >= 11 is 0. The van der Waals surface area contributed by atoms with Gasteiger partial charge in [-0.3, -0.25) is 14.9 Å². The van der Waals surface area contributed by atoms with E-state index in [0.717, 1.165) is 11.3 Å². The molecule has 0 bridgehead atoms. The average Bonchev–Trinajstić information content (AvgIpc) is 2.43. The van der Waals surface area contributed by atoms with Crippen molar-refractivity contribution in [2.45, 2.75) is 26.4 Å². The molecule has 4 nitrogen and oxygen atoms in total. The van der Waals surface area contributed by atoms with E-state index in [0.29, 0.717) is 12.2 Å². The van der Waals surface area contributed by atoms with Gasteiger partial charge < -0.3 is 5.11 Å². The maximum Gasteiger partial charge on any atom is 0.138 e. The van der Waals surface area contributed by atoms with Gasteiger partial charge >= 0.3 is 0 Å². The molecular formula is C15H19N3O. The van der Waals surface area contributed by atoms with Gasteiger partial charge in [0.25, 0.3) is 0 Å². The van der Waals surface area contributed by atoms with Crippen LogP contribution in [0.4, 0.5) is 0 Å². The number of hydrogen-bond acceptors (Lipinski definition) is 4. The smallest absolute Gasteiger partial charge is 0.138 e. The van der Waals surface area contributed by atoms with Crippen LogP contribution in [0.25, 0.3) is 0 Å². The van der Waals surface area contributed by atoms with Crippen molar-refractivity contribution in [3.8, 4) is 5.75 Å². The predicted molar refractivity (Wildman–Crippen MR) is 74.8 cm³/mol. The van der Waals surface area contributed by atoms with Gasteiger partial charge in [0, 0.05) is 30.7 Å². The molecule has 100 valence electrons. The maximum absolute atomic E-state index is 9.83. The van der Waals surface area contributed by atoms with E-state index in [1.54, 1.807) is 12.3 Å². The lowest BCUT2D eigenvalue weighted by Gasteiger charge is -2.24. The van der Waals surface area contributed by atoms with Gasteiger partial charge in [0.15, 0.2) is 0 Å². The molecule has 2 rings (SSSR count). The monoisotopic (exact) mass is 257 g/mol. The van der Waals surface area contributed by atoms with Gasteiger partial charge in [-0.05, 0) is 44.7 Å². The van der Waals surface area contributed by atoms with Crippen molar-refractivity contribution in [1.82, 2.24) is 14.9 Å². The van der Waals surface area contributed by atoms with Crippen LogP contribution >= 0.6 is 0 Å². The number of aromatic hydroxyl groups is 1. The summed E-state index contributed by atoms with van der Waals surface area (Å²) in [4.78, 5) is 10.7. The van der Waals surface area contributed by atoms with Crippen molar-refractivity contribution < 1.29 is 5.11 Å². The highest BCUT2D eigenvalue weighted by atomic mass is 16.3. The van der Waals surface area contributed by atoms with E-state index in [1.807, 2.05) is 32.3 Å². The van der Waals surface area contributed by atoms with Crippen LogP contribution in [0, 0.1) is 6.92 Å². The highest BCUT2D eigenvalue weighted by molar-refractivity contribution is 5.27. The summed E-state index contributed by atoms with van der Waals surface area (Å²) in [5, 5.41) is 9.83. The largest absolute Gasteiger partial charge is 0.506 e. The number of pyridine rings is 2. The zero-order valence-electron chi connectivity index (χ0n) is 11.5. The van der Waals surface area contributed by atoms with Crippen molar-refractivity contribution in [3.63, 3.8) is 0 Å². The van der Waals surface area contributed by atoms with E-state index in [-0.39, 0.29) is 11.8 Å². The van der Waals surface area contributed by atoms with E-state index in [1.165, 1.54) is 0 Å². The number of aromatic nitrogens is 2. The summed E-state index contributed by atoms with van der Waals surface area (Å²) in [6.07, 6.45) is 3.63. The lowest BCUT2D eigenvalue weighted by atomic mass is 10.1. The van der Waals surface area contributed by atoms with Gasteiger partial charge in [-0.2, -0.15) is 0 Å². The fraction of sp³-hybridized carbons (Fsp3) is 0.333. The number of nitrogens with zero attached hydrogens (tertiary/aromatic N) is 3. The lowest BCUT2D eigenvalue weighted by Crippen LogP contribution is -2.22. The summed E-state index contributed by atoms with van der Waals surface area (Å²) in [6, 6.07) is 7.71. The van der Waals surface area contributed by atoms with Gasteiger partial charge in [0.2, 0.25) is 0 Å². The third kappa shape index (κ3) is 3.29. The summed E-state index contributed by atoms with van der Waals surface area (Å²) in [5.74, 6) is 0.246. The average molecular weight is 257 g/mol. The second kappa shape index (κ2) is 5.80. The van der Waals surface area contributed by atoms with Crippen LogP contribution in [0.2, 0.25) is 0 Å². The Bertz CT molecular complexity index is 542. The molecule has 2 aromatic heterocycles. The molecule has 0 fully saturated rings. The molecule has 2 heterocycles. The van der Waals surface area contributed by atoms with Crippen molar-refractivity contribution in [1.29, 1.82) is 0 Å². The van der Waals surface area contributed by atoms with Crippen LogP contribution in [0.3, 0.4) is 0 Å². The molecular weight excluding hydrogens is 238 g/mol. The normalized spacial score (nSPS) is 12.6. The van der Waals surface area contributed by atoms with Gasteiger partial charge in [0.1, 0.15) is 5.75 Å². The summed E-state index contributed by atoms with van der Waals surface area (Å²) in [7, 11) is 2.02. The van der Waals surface area contributed by atoms with Gasteiger partial charge in [-0.25, -0.2) is 0 Å². The molecule has 0 spiro atoms. The molecule has 1 atom stereocenters. The second-order valence-corrected chi connectivity index (χ2v) is 4.80. The van der Waals surface area contributed by atoms with E-state index in [4.69, 9.17) is 0 Å². The van der Waals surface area contributed by atoms with Crippen molar-refractivity contribution in [2.75, 3.05) is 7.05 Å². The highest BCUT2D eigenvalue weighted by Crippen LogP contribution is 2.22. The molecule has 2 aromatic rings. The van der Waals surface area contributed by atoms with Gasteiger partial charge in [-0.1, -0.05) is 6.07 Å². The third-order valence-corrected chi connectivity index (χ3v) is 3.32. The fourth-order valence-corrected chi connectivity index (χ4v) is 1.97. The molecule has 0 saturated carbocycles. The molecule has 0 aliphatic rings. The molecule has 4 heteroatoms. The quantitative estimate of drug-likeness (QED) is 0.915. The number of hydrogen-bond donors (Lipinski definition) is 1. The Kier molecular flexibility index (Phi) is 4.12. The standard InChI is InChI=1S/C15H19N3O/c1-11-6-7-15(19)14(17-11)10-18(3)12(2)13-5-4-8-16-9-13/h4-9,12,19H,10H2,1-3H3. The molecule has 1 N–H and O–H groups in total. The Hall–Kier alpha value is -1.94. The van der Waals surface area contributed by atoms with Crippen LogP contribution in [0.1, 0.15) is 29.9 Å². The minimum absolute atomic E-state index is 0.218. The van der Waals surface area contributed by atoms with Crippen LogP contribution in [-0.4, -0.2) is 27.0 Å². The minimum atomic E-state index is 0.218. The maximum atomic E-state index is 9.83. The molecule has 0 aliphatic heterocycles. The first-order valence-corrected chi connectivity index (χ1v) is 6.33. The molecule has 0 saturated heterocycles. The Morgan fingerprint density at radius 2 is 2.11 bits per heavy atom. The van der Waals surface area contributed by atoms with Crippen molar-refractivity contribution in [2.24, 2.45) is 0 Å². The summed E-state index contributed by atoms with van der Waals surface area (Å²) in [6.45, 7) is 4.64. The minimum Gasteiger partial charge on any atom is -0.506 e.